The molecule has 22 heavy (non-hydrogen) atoms. The first kappa shape index (κ1) is 18.8. The number of rotatable bonds is 2. The van der Waals surface area contributed by atoms with Crippen molar-refractivity contribution in [2.45, 2.75) is 39.2 Å². The third-order valence-corrected chi connectivity index (χ3v) is 4.44. The van der Waals surface area contributed by atoms with Crippen LogP contribution in [0.25, 0.3) is 0 Å². The van der Waals surface area contributed by atoms with E-state index in [1.165, 1.54) is 6.07 Å². The first-order valence-corrected chi connectivity index (χ1v) is 7.21. The lowest BCUT2D eigenvalue weighted by Gasteiger charge is -2.43. The number of carbonyl (C=O) groups excluding carboxylic acids is 1. The Bertz CT molecular complexity index is 551. The van der Waals surface area contributed by atoms with Gasteiger partial charge in [-0.1, -0.05) is 19.9 Å². The third-order valence-electron chi connectivity index (χ3n) is 4.44. The summed E-state index contributed by atoms with van der Waals surface area (Å²) in [5.41, 5.74) is 6.42. The van der Waals surface area contributed by atoms with E-state index in [9.17, 15) is 13.6 Å². The molecule has 0 spiro atoms. The van der Waals surface area contributed by atoms with Crippen LogP contribution in [-0.2, 0) is 4.79 Å². The van der Waals surface area contributed by atoms with Gasteiger partial charge in [-0.05, 0) is 36.5 Å². The summed E-state index contributed by atoms with van der Waals surface area (Å²) in [7, 11) is 0. The van der Waals surface area contributed by atoms with E-state index in [1.54, 1.807) is 11.8 Å². The van der Waals surface area contributed by atoms with E-state index in [0.29, 0.717) is 18.7 Å². The molecule has 1 saturated heterocycles. The zero-order chi connectivity index (χ0) is 15.8. The summed E-state index contributed by atoms with van der Waals surface area (Å²) in [6.07, 6.45) is 0.753. The van der Waals surface area contributed by atoms with Gasteiger partial charge in [0.2, 0.25) is 5.91 Å². The minimum absolute atomic E-state index is 0. The molecule has 2 atom stereocenters. The maximum absolute atomic E-state index is 13.3. The van der Waals surface area contributed by atoms with E-state index in [2.05, 4.69) is 0 Å². The number of amides is 1. The van der Waals surface area contributed by atoms with Crippen LogP contribution >= 0.6 is 12.4 Å². The number of benzene rings is 1. The second kappa shape index (κ2) is 6.92. The topological polar surface area (TPSA) is 46.3 Å². The molecule has 0 saturated carbocycles. The molecule has 1 aromatic rings. The lowest BCUT2D eigenvalue weighted by molar-refractivity contribution is -0.135. The number of nitrogens with two attached hydrogens (primary N) is 1. The highest BCUT2D eigenvalue weighted by atomic mass is 35.5. The van der Waals surface area contributed by atoms with E-state index in [0.717, 1.165) is 18.6 Å². The first-order chi connectivity index (χ1) is 9.72. The number of hydrogen-bond acceptors (Lipinski definition) is 2. The van der Waals surface area contributed by atoms with Gasteiger partial charge >= 0.3 is 0 Å². The summed E-state index contributed by atoms with van der Waals surface area (Å²) in [5, 5.41) is 0. The summed E-state index contributed by atoms with van der Waals surface area (Å²) >= 11 is 0. The van der Waals surface area contributed by atoms with Gasteiger partial charge in [-0.15, -0.1) is 12.4 Å². The predicted octanol–water partition coefficient (Wildman–Crippen LogP) is 3.08. The van der Waals surface area contributed by atoms with Gasteiger partial charge in [0.05, 0.1) is 5.92 Å². The van der Waals surface area contributed by atoms with Gasteiger partial charge in [-0.25, -0.2) is 8.78 Å². The molecule has 1 aromatic carbocycles. The molecule has 2 rings (SSSR count). The summed E-state index contributed by atoms with van der Waals surface area (Å²) in [4.78, 5) is 14.3. The quantitative estimate of drug-likeness (QED) is 0.904. The van der Waals surface area contributed by atoms with Crippen LogP contribution in [0.4, 0.5) is 8.78 Å². The van der Waals surface area contributed by atoms with Crippen LogP contribution in [-0.4, -0.2) is 29.9 Å². The Labute approximate surface area is 136 Å². The monoisotopic (exact) mass is 332 g/mol. The Kier molecular flexibility index (Phi) is 5.93. The van der Waals surface area contributed by atoms with Gasteiger partial charge in [0.15, 0.2) is 11.6 Å². The van der Waals surface area contributed by atoms with Gasteiger partial charge < -0.3 is 10.6 Å². The molecule has 2 N–H and O–H groups in total. The van der Waals surface area contributed by atoms with Crippen LogP contribution in [0, 0.1) is 17.0 Å². The predicted molar refractivity (Wildman–Crippen MR) is 85.0 cm³/mol. The Morgan fingerprint density at radius 3 is 2.55 bits per heavy atom. The lowest BCUT2D eigenvalue weighted by atomic mass is 9.79. The maximum Gasteiger partial charge on any atom is 0.229 e. The van der Waals surface area contributed by atoms with E-state index in [4.69, 9.17) is 5.73 Å². The lowest BCUT2D eigenvalue weighted by Crippen LogP contribution is -2.54. The van der Waals surface area contributed by atoms with Crippen LogP contribution in [0.15, 0.2) is 18.2 Å². The molecule has 1 heterocycles. The molecule has 1 fully saturated rings. The largest absolute Gasteiger partial charge is 0.342 e. The smallest absolute Gasteiger partial charge is 0.229 e. The molecule has 2 unspecified atom stereocenters. The summed E-state index contributed by atoms with van der Waals surface area (Å²) in [5.74, 6) is -2.39. The minimum Gasteiger partial charge on any atom is -0.342 e. The molecule has 124 valence electrons. The van der Waals surface area contributed by atoms with Gasteiger partial charge in [-0.3, -0.25) is 4.79 Å². The Balaban J connectivity index is 0.00000242. The fourth-order valence-corrected chi connectivity index (χ4v) is 2.76. The first-order valence-electron chi connectivity index (χ1n) is 7.21. The molecular weight excluding hydrogens is 310 g/mol. The van der Waals surface area contributed by atoms with Crippen LogP contribution < -0.4 is 5.73 Å². The van der Waals surface area contributed by atoms with Crippen molar-refractivity contribution in [2.24, 2.45) is 11.1 Å². The zero-order valence-corrected chi connectivity index (χ0v) is 13.9. The molecule has 1 amide bonds. The third kappa shape index (κ3) is 3.76. The Morgan fingerprint density at radius 1 is 1.36 bits per heavy atom. The number of likely N-dealkylation sites (tertiary alicyclic amines) is 1. The Morgan fingerprint density at radius 2 is 2.00 bits per heavy atom. The van der Waals surface area contributed by atoms with Crippen molar-refractivity contribution in [3.63, 3.8) is 0 Å². The molecule has 0 radical (unpaired) electrons. The SMILES string of the molecule is CC(C(=O)N1CCC(N)C(C)(C)C1)c1ccc(F)c(F)c1.Cl. The molecule has 0 aliphatic carbocycles. The molecule has 6 heteroatoms. The highest BCUT2D eigenvalue weighted by Crippen LogP contribution is 2.30. The van der Waals surface area contributed by atoms with Crippen molar-refractivity contribution in [2.75, 3.05) is 13.1 Å². The van der Waals surface area contributed by atoms with Crippen molar-refractivity contribution in [1.82, 2.24) is 4.90 Å². The van der Waals surface area contributed by atoms with E-state index in [1.807, 2.05) is 13.8 Å². The van der Waals surface area contributed by atoms with E-state index in [-0.39, 0.29) is 29.8 Å². The van der Waals surface area contributed by atoms with E-state index < -0.39 is 17.6 Å². The van der Waals surface area contributed by atoms with Gasteiger partial charge in [0.1, 0.15) is 0 Å². The molecule has 0 aromatic heterocycles. The minimum atomic E-state index is -0.923. The molecular formula is C16H23ClF2N2O. The summed E-state index contributed by atoms with van der Waals surface area (Å²) in [6.45, 7) is 6.99. The van der Waals surface area contributed by atoms with Crippen LogP contribution in [0.5, 0.6) is 0 Å². The zero-order valence-electron chi connectivity index (χ0n) is 13.1. The average molecular weight is 333 g/mol. The number of piperidine rings is 1. The van der Waals surface area contributed by atoms with Crippen molar-refractivity contribution in [3.05, 3.63) is 35.4 Å². The highest BCUT2D eigenvalue weighted by molar-refractivity contribution is 5.85. The van der Waals surface area contributed by atoms with Gasteiger partial charge in [0.25, 0.3) is 0 Å². The van der Waals surface area contributed by atoms with E-state index >= 15 is 0 Å². The summed E-state index contributed by atoms with van der Waals surface area (Å²) in [6, 6.07) is 3.69. The number of carbonyl (C=O) groups is 1. The average Bonchev–Trinajstić information content (AvgIpc) is 2.43. The van der Waals surface area contributed by atoms with Crippen molar-refractivity contribution in [1.29, 1.82) is 0 Å². The number of hydrogen-bond donors (Lipinski definition) is 1. The standard InChI is InChI=1S/C16H22F2N2O.ClH/c1-10(11-4-5-12(17)13(18)8-11)15(21)20-7-6-14(19)16(2,3)9-20;/h4-5,8,10,14H,6-7,9,19H2,1-3H3;1H. The maximum atomic E-state index is 13.3. The Hall–Kier alpha value is -1.20. The molecule has 1 aliphatic rings. The fraction of sp³-hybridized carbons (Fsp3) is 0.562. The number of nitrogens with zero attached hydrogens (tertiary/aromatic N) is 1. The second-order valence-electron chi connectivity index (χ2n) is 6.54. The van der Waals surface area contributed by atoms with Crippen LogP contribution in [0.3, 0.4) is 0 Å². The number of halogens is 3. The van der Waals surface area contributed by atoms with Crippen LogP contribution in [0.1, 0.15) is 38.7 Å². The van der Waals surface area contributed by atoms with Crippen molar-refractivity contribution >= 4 is 18.3 Å². The normalized spacial score (nSPS) is 21.9. The van der Waals surface area contributed by atoms with Gasteiger partial charge in [0, 0.05) is 19.1 Å². The van der Waals surface area contributed by atoms with Crippen LogP contribution in [0.2, 0.25) is 0 Å². The molecule has 1 aliphatic heterocycles. The highest BCUT2D eigenvalue weighted by Gasteiger charge is 2.36. The summed E-state index contributed by atoms with van der Waals surface area (Å²) < 4.78 is 26.3. The second-order valence-corrected chi connectivity index (χ2v) is 6.54. The van der Waals surface area contributed by atoms with Gasteiger partial charge in [-0.2, -0.15) is 0 Å². The molecule has 0 bridgehead atoms. The fourth-order valence-electron chi connectivity index (χ4n) is 2.76. The van der Waals surface area contributed by atoms with Crippen molar-refractivity contribution < 1.29 is 13.6 Å². The van der Waals surface area contributed by atoms with Crippen molar-refractivity contribution in [3.8, 4) is 0 Å². The molecule has 3 nitrogen and oxygen atoms in total.